The number of halogens is 3. The maximum absolute atomic E-state index is 13.9. The second-order valence-electron chi connectivity index (χ2n) is 10.7. The third-order valence-electron chi connectivity index (χ3n) is 8.28. The molecular formula is C27H31F3N8O6S. The number of nitrogens with zero attached hydrogens (tertiary/aromatic N) is 8. The Balaban J connectivity index is 1.22. The quantitative estimate of drug-likeness (QED) is 0.155. The Kier molecular flexibility index (Phi) is 9.03. The van der Waals surface area contributed by atoms with E-state index in [1.807, 2.05) is 0 Å². The first-order valence-corrected chi connectivity index (χ1v) is 15.6. The van der Waals surface area contributed by atoms with Gasteiger partial charge >= 0.3 is 6.01 Å². The Bertz CT molecular complexity index is 1610. The third kappa shape index (κ3) is 5.88. The molecule has 0 amide bonds. The zero-order valence-electron chi connectivity index (χ0n) is 24.1. The summed E-state index contributed by atoms with van der Waals surface area (Å²) in [5.74, 6) is -3.99. The maximum Gasteiger partial charge on any atom is 0.316 e. The molecule has 6 rings (SSSR count). The number of aliphatic hydroxyl groups is 3. The molecule has 3 N–H and O–H groups in total. The first kappa shape index (κ1) is 31.3. The topological polar surface area (TPSA) is 176 Å². The van der Waals surface area contributed by atoms with Gasteiger partial charge in [0.05, 0.1) is 57.6 Å². The number of hydrogen-bond donors (Lipinski definition) is 4. The first-order valence-electron chi connectivity index (χ1n) is 13.9. The average molecular weight is 653 g/mol. The minimum absolute atomic E-state index is 0.0396. The molecule has 4 aromatic rings. The molecule has 14 nitrogen and oxygen atoms in total. The van der Waals surface area contributed by atoms with Crippen LogP contribution in [0.2, 0.25) is 0 Å². The highest BCUT2D eigenvalue weighted by Gasteiger charge is 2.49. The molecule has 2 fully saturated rings. The van der Waals surface area contributed by atoms with Crippen molar-refractivity contribution in [3.63, 3.8) is 0 Å². The van der Waals surface area contributed by atoms with Crippen molar-refractivity contribution in [3.05, 3.63) is 54.4 Å². The summed E-state index contributed by atoms with van der Waals surface area (Å²) in [6, 6.07) is 0.384. The highest BCUT2D eigenvalue weighted by atomic mass is 32.2. The summed E-state index contributed by atoms with van der Waals surface area (Å²) in [5.41, 5.74) is 1.10. The van der Waals surface area contributed by atoms with E-state index >= 15 is 0 Å². The monoisotopic (exact) mass is 652 g/mol. The molecule has 2 aliphatic heterocycles. The Morgan fingerprint density at radius 2 is 1.58 bits per heavy atom. The molecule has 242 valence electrons. The number of aliphatic hydroxyl groups excluding tert-OH is 3. The smallest absolute Gasteiger partial charge is 0.316 e. The van der Waals surface area contributed by atoms with Gasteiger partial charge in [0.1, 0.15) is 23.5 Å². The summed E-state index contributed by atoms with van der Waals surface area (Å²) in [7, 11) is 1.63. The highest BCUT2D eigenvalue weighted by molar-refractivity contribution is 8.18. The molecule has 0 bridgehead atoms. The first-order chi connectivity index (χ1) is 21.7. The van der Waals surface area contributed by atoms with E-state index in [2.05, 4.69) is 30.6 Å². The van der Waals surface area contributed by atoms with E-state index in [1.54, 1.807) is 18.6 Å². The molecule has 5 heterocycles. The fraction of sp³-hybridized carbons (Fsp3) is 0.481. The molecule has 0 saturated carbocycles. The molecular weight excluding hydrogens is 621 g/mol. The predicted octanol–water partition coefficient (Wildman–Crippen LogP) is 0.713. The van der Waals surface area contributed by atoms with Gasteiger partial charge in [0.25, 0.3) is 0 Å². The number of ether oxygens (including phenoxy) is 3. The van der Waals surface area contributed by atoms with Crippen LogP contribution in [-0.4, -0.2) is 124 Å². The van der Waals surface area contributed by atoms with Gasteiger partial charge in [-0.05, 0) is 12.1 Å². The minimum Gasteiger partial charge on any atom is -0.467 e. The van der Waals surface area contributed by atoms with E-state index < -0.39 is 75.8 Å². The van der Waals surface area contributed by atoms with E-state index in [-0.39, 0.29) is 30.5 Å². The zero-order valence-corrected chi connectivity index (χ0v) is 25.0. The van der Waals surface area contributed by atoms with Gasteiger partial charge in [-0.2, -0.15) is 0 Å². The van der Waals surface area contributed by atoms with Crippen molar-refractivity contribution < 1.29 is 42.7 Å². The van der Waals surface area contributed by atoms with Crippen molar-refractivity contribution >= 4 is 10.9 Å². The van der Waals surface area contributed by atoms with Crippen molar-refractivity contribution in [1.82, 2.24) is 40.0 Å². The molecule has 3 aromatic heterocycles. The maximum atomic E-state index is 13.9. The van der Waals surface area contributed by atoms with Gasteiger partial charge in [-0.25, -0.2) is 43.4 Å². The lowest BCUT2D eigenvalue weighted by Gasteiger charge is -2.51. The van der Waals surface area contributed by atoms with E-state index in [0.717, 1.165) is 12.1 Å². The van der Waals surface area contributed by atoms with Gasteiger partial charge in [-0.3, -0.25) is 0 Å². The van der Waals surface area contributed by atoms with Gasteiger partial charge < -0.3 is 29.5 Å². The predicted molar refractivity (Wildman–Crippen MR) is 153 cm³/mol. The fourth-order valence-electron chi connectivity index (χ4n) is 5.90. The summed E-state index contributed by atoms with van der Waals surface area (Å²) < 4.78 is 60.7. The molecule has 1 aromatic carbocycles. The van der Waals surface area contributed by atoms with Gasteiger partial charge in [0, 0.05) is 46.9 Å². The van der Waals surface area contributed by atoms with Crippen LogP contribution in [0.15, 0.2) is 36.9 Å². The molecule has 18 heteroatoms. The summed E-state index contributed by atoms with van der Waals surface area (Å²) in [6.07, 6.45) is 3.34. The van der Waals surface area contributed by atoms with Crippen LogP contribution < -0.4 is 4.74 Å². The van der Waals surface area contributed by atoms with Crippen LogP contribution in [0.1, 0.15) is 12.1 Å². The summed E-state index contributed by atoms with van der Waals surface area (Å²) in [6.45, 7) is -0.0386. The molecule has 2 aliphatic rings. The van der Waals surface area contributed by atoms with E-state index in [9.17, 15) is 28.5 Å². The summed E-state index contributed by atoms with van der Waals surface area (Å²) in [5, 5.41) is 48.9. The zero-order chi connectivity index (χ0) is 31.8. The van der Waals surface area contributed by atoms with Gasteiger partial charge in [-0.15, -0.1) is 10.2 Å². The number of aromatic nitrogens is 8. The standard InChI is InChI=1S/C27H31F3N8O6S/c1-42-20-12-45(21(9-39)26(41)24(20)38-8-17(33-36-38)13-3-15(28)23(30)16(29)4-13)22-11-44-10-19(25(22)40)37-7-18(34-35-37)14-5-31-27(43-2)32-6-14/h3-8,19-22,24-26,39-41,45H,9-12H2,1-2H3/t19-,20-,21+,22+,24+,25+,26-/m0/s1. The van der Waals surface area contributed by atoms with Crippen molar-refractivity contribution in [2.75, 3.05) is 39.8 Å². The van der Waals surface area contributed by atoms with Crippen molar-refractivity contribution in [2.24, 2.45) is 0 Å². The van der Waals surface area contributed by atoms with Crippen LogP contribution in [0.4, 0.5) is 13.2 Å². The molecule has 0 radical (unpaired) electrons. The number of rotatable bonds is 8. The molecule has 2 saturated heterocycles. The fourth-order valence-corrected chi connectivity index (χ4v) is 9.38. The van der Waals surface area contributed by atoms with Crippen LogP contribution >= 0.6 is 10.9 Å². The second kappa shape index (κ2) is 13.0. The summed E-state index contributed by atoms with van der Waals surface area (Å²) in [4.78, 5) is 8.17. The largest absolute Gasteiger partial charge is 0.467 e. The van der Waals surface area contributed by atoms with Gasteiger partial charge in [-0.1, -0.05) is 10.4 Å². The molecule has 0 spiro atoms. The molecule has 8 atom stereocenters. The van der Waals surface area contributed by atoms with Crippen LogP contribution in [0.3, 0.4) is 0 Å². The minimum atomic E-state index is -1.60. The Labute approximate surface area is 257 Å². The van der Waals surface area contributed by atoms with E-state index in [0.29, 0.717) is 17.0 Å². The number of hydrogen-bond acceptors (Lipinski definition) is 12. The lowest BCUT2D eigenvalue weighted by Crippen LogP contribution is -2.55. The van der Waals surface area contributed by atoms with E-state index in [4.69, 9.17) is 14.2 Å². The van der Waals surface area contributed by atoms with Crippen LogP contribution in [0.5, 0.6) is 6.01 Å². The Morgan fingerprint density at radius 1 is 0.933 bits per heavy atom. The second-order valence-corrected chi connectivity index (χ2v) is 13.5. The number of methoxy groups -OCH3 is 2. The van der Waals surface area contributed by atoms with Crippen LogP contribution in [-0.2, 0) is 9.47 Å². The van der Waals surface area contributed by atoms with Crippen LogP contribution in [0, 0.1) is 17.5 Å². The van der Waals surface area contributed by atoms with Gasteiger partial charge in [0.15, 0.2) is 17.5 Å². The van der Waals surface area contributed by atoms with Crippen LogP contribution in [0.25, 0.3) is 22.5 Å². The Morgan fingerprint density at radius 3 is 2.22 bits per heavy atom. The molecule has 1 unspecified atom stereocenters. The van der Waals surface area contributed by atoms with Crippen molar-refractivity contribution in [3.8, 4) is 28.5 Å². The average Bonchev–Trinajstić information content (AvgIpc) is 3.74. The molecule has 45 heavy (non-hydrogen) atoms. The lowest BCUT2D eigenvalue weighted by molar-refractivity contribution is -0.0339. The van der Waals surface area contributed by atoms with Crippen molar-refractivity contribution in [1.29, 1.82) is 0 Å². The van der Waals surface area contributed by atoms with E-state index in [1.165, 1.54) is 29.8 Å². The SMILES string of the molecule is COc1ncc(-c2cn([C@H]3COC[C@@H]([SH]4C[C@H](OC)[C@@H](n5cc(-c6cc(F)c(F)c(F)c6)nn5)[C@@H](O)[C@H]4CO)[C@@H]3O)nn2)cn1. The Hall–Kier alpha value is -3.68. The summed E-state index contributed by atoms with van der Waals surface area (Å²) >= 11 is 0. The highest BCUT2D eigenvalue weighted by Crippen LogP contribution is 2.51. The third-order valence-corrected chi connectivity index (χ3v) is 11.7. The number of thiol groups is 1. The molecule has 0 aliphatic carbocycles. The van der Waals surface area contributed by atoms with Crippen molar-refractivity contribution in [2.45, 2.75) is 40.9 Å². The van der Waals surface area contributed by atoms with Gasteiger partial charge in [0.2, 0.25) is 0 Å². The number of benzene rings is 1. The normalized spacial score (nSPS) is 29.5. The lowest BCUT2D eigenvalue weighted by atomic mass is 10.0.